The number of benzene rings is 2. The van der Waals surface area contributed by atoms with Crippen LogP contribution in [0.4, 0.5) is 0 Å². The average Bonchev–Trinajstić information content (AvgIpc) is 2.74. The lowest BCUT2D eigenvalue weighted by molar-refractivity contribution is -1.03. The highest BCUT2D eigenvalue weighted by Crippen LogP contribution is 2.18. The zero-order chi connectivity index (χ0) is 19.1. The lowest BCUT2D eigenvalue weighted by atomic mass is 9.96. The van der Waals surface area contributed by atoms with Gasteiger partial charge in [-0.1, -0.05) is 67.6 Å². The third-order valence-electron chi connectivity index (χ3n) is 5.76. The Hall–Kier alpha value is -2.17. The summed E-state index contributed by atoms with van der Waals surface area (Å²) in [6.45, 7) is 9.16. The molecule has 0 bridgehead atoms. The normalized spacial score (nSPS) is 21.0. The Labute approximate surface area is 163 Å². The van der Waals surface area contributed by atoms with Crippen LogP contribution in [0.25, 0.3) is 0 Å². The molecule has 0 unspecified atom stereocenters. The molecule has 27 heavy (non-hydrogen) atoms. The van der Waals surface area contributed by atoms with Gasteiger partial charge >= 0.3 is 0 Å². The molecule has 0 aromatic heterocycles. The van der Waals surface area contributed by atoms with Crippen molar-refractivity contribution in [1.29, 1.82) is 0 Å². The van der Waals surface area contributed by atoms with E-state index in [4.69, 9.17) is 0 Å². The minimum absolute atomic E-state index is 0.0324. The molecule has 144 valence electrons. The predicted octanol–water partition coefficient (Wildman–Crippen LogP) is 0.474. The smallest absolute Gasteiger partial charge is 0.278 e. The van der Waals surface area contributed by atoms with E-state index < -0.39 is 0 Å². The van der Waals surface area contributed by atoms with Crippen LogP contribution in [0.3, 0.4) is 0 Å². The fourth-order valence-corrected chi connectivity index (χ4v) is 4.16. The van der Waals surface area contributed by atoms with Gasteiger partial charge in [-0.15, -0.1) is 0 Å². The molecule has 1 saturated heterocycles. The lowest BCUT2D eigenvalue weighted by Gasteiger charge is -2.36. The molecule has 1 heterocycles. The van der Waals surface area contributed by atoms with Gasteiger partial charge < -0.3 is 15.1 Å². The lowest BCUT2D eigenvalue weighted by Crippen LogP contribution is -3.30. The fraction of sp³-hybridized carbons (Fsp3) is 0.435. The first-order valence-electron chi connectivity index (χ1n) is 10.3. The molecule has 1 amide bonds. The summed E-state index contributed by atoms with van der Waals surface area (Å²) in [5.74, 6) is 0.193. The largest absolute Gasteiger partial charge is 0.351 e. The number of carbonyl (C=O) groups is 1. The van der Waals surface area contributed by atoms with Gasteiger partial charge in [0.2, 0.25) is 0 Å². The summed E-state index contributed by atoms with van der Waals surface area (Å²) in [6.07, 6.45) is 0.988. The topological polar surface area (TPSA) is 38.0 Å². The van der Waals surface area contributed by atoms with E-state index >= 15 is 0 Å². The molecule has 1 aliphatic heterocycles. The molecule has 4 heteroatoms. The number of hydrogen-bond donors (Lipinski definition) is 3. The Kier molecular flexibility index (Phi) is 7.02. The van der Waals surface area contributed by atoms with Gasteiger partial charge in [-0.25, -0.2) is 0 Å². The van der Waals surface area contributed by atoms with Crippen molar-refractivity contribution in [1.82, 2.24) is 5.32 Å². The summed E-state index contributed by atoms with van der Waals surface area (Å²) < 4.78 is 0. The summed E-state index contributed by atoms with van der Waals surface area (Å²) in [5.41, 5.74) is 2.74. The van der Waals surface area contributed by atoms with Crippen LogP contribution < -0.4 is 15.1 Å². The number of rotatable bonds is 7. The minimum Gasteiger partial charge on any atom is -0.351 e. The quantitative estimate of drug-likeness (QED) is 0.654. The van der Waals surface area contributed by atoms with E-state index in [1.165, 1.54) is 16.0 Å². The molecule has 2 aromatic carbocycles. The Morgan fingerprint density at radius 2 is 1.37 bits per heavy atom. The molecule has 4 nitrogen and oxygen atoms in total. The fourth-order valence-electron chi connectivity index (χ4n) is 4.16. The van der Waals surface area contributed by atoms with Crippen LogP contribution in [-0.4, -0.2) is 44.7 Å². The summed E-state index contributed by atoms with van der Waals surface area (Å²) in [6, 6.07) is 22.0. The number of piperazine rings is 1. The molecule has 1 atom stereocenters. The van der Waals surface area contributed by atoms with E-state index in [2.05, 4.69) is 79.8 Å². The Bertz CT molecular complexity index is 657. The van der Waals surface area contributed by atoms with E-state index in [9.17, 15) is 4.79 Å². The van der Waals surface area contributed by atoms with E-state index in [-0.39, 0.29) is 11.9 Å². The molecule has 0 aliphatic carbocycles. The van der Waals surface area contributed by atoms with Crippen molar-refractivity contribution in [3.8, 4) is 0 Å². The highest BCUT2D eigenvalue weighted by molar-refractivity contribution is 5.79. The van der Waals surface area contributed by atoms with Gasteiger partial charge in [-0.3, -0.25) is 4.79 Å². The van der Waals surface area contributed by atoms with E-state index in [1.807, 2.05) is 0 Å². The van der Waals surface area contributed by atoms with Crippen molar-refractivity contribution in [3.63, 3.8) is 0 Å². The van der Waals surface area contributed by atoms with Crippen molar-refractivity contribution >= 4 is 5.91 Å². The molecule has 3 rings (SSSR count). The molecule has 0 spiro atoms. The predicted molar refractivity (Wildman–Crippen MR) is 109 cm³/mol. The van der Waals surface area contributed by atoms with Crippen LogP contribution >= 0.6 is 0 Å². The maximum atomic E-state index is 12.3. The highest BCUT2D eigenvalue weighted by atomic mass is 16.2. The number of nitrogens with one attached hydrogen (secondary N) is 3. The Morgan fingerprint density at radius 1 is 0.889 bits per heavy atom. The molecular formula is C23H33N3O+2. The Morgan fingerprint density at radius 3 is 1.85 bits per heavy atom. The van der Waals surface area contributed by atoms with Gasteiger partial charge in [0, 0.05) is 17.7 Å². The van der Waals surface area contributed by atoms with Crippen LogP contribution in [0.15, 0.2) is 60.7 Å². The Balaban J connectivity index is 1.69. The third kappa shape index (κ3) is 4.96. The molecule has 1 fully saturated rings. The third-order valence-corrected chi connectivity index (χ3v) is 5.76. The van der Waals surface area contributed by atoms with Crippen molar-refractivity contribution in [2.75, 3.05) is 32.7 Å². The molecule has 1 aliphatic rings. The number of hydrogen-bond acceptors (Lipinski definition) is 1. The first-order chi connectivity index (χ1) is 13.2. The monoisotopic (exact) mass is 367 g/mol. The van der Waals surface area contributed by atoms with Gasteiger partial charge in [-0.2, -0.15) is 0 Å². The molecule has 2 aromatic rings. The van der Waals surface area contributed by atoms with Crippen LogP contribution in [-0.2, 0) is 4.79 Å². The summed E-state index contributed by atoms with van der Waals surface area (Å²) >= 11 is 0. The van der Waals surface area contributed by atoms with Gasteiger partial charge in [-0.05, 0) is 13.3 Å². The highest BCUT2D eigenvalue weighted by Gasteiger charge is 2.35. The molecule has 0 radical (unpaired) electrons. The zero-order valence-corrected chi connectivity index (χ0v) is 16.6. The summed E-state index contributed by atoms with van der Waals surface area (Å²) in [7, 11) is 0. The van der Waals surface area contributed by atoms with Crippen LogP contribution in [0.2, 0.25) is 0 Å². The second-order valence-electron chi connectivity index (χ2n) is 7.58. The second kappa shape index (κ2) is 9.67. The van der Waals surface area contributed by atoms with Crippen LogP contribution in [0.5, 0.6) is 0 Å². The second-order valence-corrected chi connectivity index (χ2v) is 7.58. The van der Waals surface area contributed by atoms with Crippen LogP contribution in [0, 0.1) is 0 Å². The molecule has 0 saturated carbocycles. The molecular weight excluding hydrogens is 334 g/mol. The van der Waals surface area contributed by atoms with Crippen LogP contribution in [0.1, 0.15) is 37.4 Å². The standard InChI is InChI=1S/C23H31N3O/c1-3-14-24-23(27)19(2)25-15-17-26(18-16-25)22(20-10-6-4-7-11-20)21-12-8-5-9-13-21/h4-13,19,22H,3,14-18H2,1-2H3,(H,24,27)/p+2/t19-/m1/s1. The number of amides is 1. The minimum atomic E-state index is 0.0324. The van der Waals surface area contributed by atoms with Crippen molar-refractivity contribution in [2.45, 2.75) is 32.4 Å². The first kappa shape index (κ1) is 19.6. The van der Waals surface area contributed by atoms with Crippen molar-refractivity contribution in [3.05, 3.63) is 71.8 Å². The van der Waals surface area contributed by atoms with E-state index in [0.717, 1.165) is 39.1 Å². The van der Waals surface area contributed by atoms with Gasteiger partial charge in [0.05, 0.1) is 0 Å². The SMILES string of the molecule is CCCNC(=O)[C@@H](C)[NH+]1CC[NH+](C(c2ccccc2)c2ccccc2)CC1. The van der Waals surface area contributed by atoms with Gasteiger partial charge in [0.1, 0.15) is 32.2 Å². The van der Waals surface area contributed by atoms with Gasteiger partial charge in [0.25, 0.3) is 5.91 Å². The summed E-state index contributed by atoms with van der Waals surface area (Å²) in [4.78, 5) is 15.3. The van der Waals surface area contributed by atoms with Gasteiger partial charge in [0.15, 0.2) is 6.04 Å². The maximum Gasteiger partial charge on any atom is 0.278 e. The zero-order valence-electron chi connectivity index (χ0n) is 16.6. The van der Waals surface area contributed by atoms with E-state index in [1.54, 1.807) is 4.90 Å². The molecule has 3 N–H and O–H groups in total. The van der Waals surface area contributed by atoms with Crippen molar-refractivity contribution in [2.24, 2.45) is 0 Å². The first-order valence-corrected chi connectivity index (χ1v) is 10.3. The number of quaternary nitrogens is 2. The average molecular weight is 368 g/mol. The number of carbonyl (C=O) groups excluding carboxylic acids is 1. The van der Waals surface area contributed by atoms with Crippen molar-refractivity contribution < 1.29 is 14.6 Å². The van der Waals surface area contributed by atoms with E-state index in [0.29, 0.717) is 6.04 Å². The maximum absolute atomic E-state index is 12.3. The summed E-state index contributed by atoms with van der Waals surface area (Å²) in [5, 5.41) is 3.05.